The zero-order chi connectivity index (χ0) is 22.4. The van der Waals surface area contributed by atoms with E-state index in [1.807, 2.05) is 31.2 Å². The standard InChI is InChI=1S/C22H17I2N3O4/c1-14-5-7-15(8-6-14)13-31-21-19(23)9-16(10-20(21)24)12-25-26-22(28)17-3-2-4-18(11-17)27(29)30/h2-12H,13H2,1H3,(H,26,28)/b25-12-. The van der Waals surface area contributed by atoms with Gasteiger partial charge < -0.3 is 4.74 Å². The van der Waals surface area contributed by atoms with Crippen LogP contribution in [0.15, 0.2) is 65.8 Å². The first kappa shape index (κ1) is 23.1. The van der Waals surface area contributed by atoms with E-state index in [0.29, 0.717) is 6.61 Å². The van der Waals surface area contributed by atoms with Crippen LogP contribution in [0.1, 0.15) is 27.0 Å². The molecule has 0 saturated carbocycles. The summed E-state index contributed by atoms with van der Waals surface area (Å²) in [7, 11) is 0. The molecule has 0 radical (unpaired) electrons. The summed E-state index contributed by atoms with van der Waals surface area (Å²) in [4.78, 5) is 22.5. The average Bonchev–Trinajstić information content (AvgIpc) is 2.74. The molecule has 0 fully saturated rings. The first-order valence-corrected chi connectivity index (χ1v) is 11.2. The quantitative estimate of drug-likeness (QED) is 0.161. The van der Waals surface area contributed by atoms with E-state index in [4.69, 9.17) is 4.74 Å². The molecule has 0 spiro atoms. The molecule has 1 amide bonds. The van der Waals surface area contributed by atoms with Gasteiger partial charge in [0, 0.05) is 17.7 Å². The van der Waals surface area contributed by atoms with Crippen LogP contribution < -0.4 is 10.2 Å². The minimum Gasteiger partial charge on any atom is -0.487 e. The Kier molecular flexibility index (Phi) is 7.96. The summed E-state index contributed by atoms with van der Waals surface area (Å²) in [6.07, 6.45) is 1.52. The molecule has 0 saturated heterocycles. The van der Waals surface area contributed by atoms with Crippen LogP contribution in [0.3, 0.4) is 0 Å². The third kappa shape index (κ3) is 6.47. The number of hydrogen-bond donors (Lipinski definition) is 1. The van der Waals surface area contributed by atoms with E-state index < -0.39 is 10.8 Å². The summed E-state index contributed by atoms with van der Waals surface area (Å²) in [6.45, 7) is 2.52. The average molecular weight is 641 g/mol. The predicted octanol–water partition coefficient (Wildman–Crippen LogP) is 5.46. The van der Waals surface area contributed by atoms with E-state index >= 15 is 0 Å². The second-order valence-corrected chi connectivity index (χ2v) is 8.92. The number of halogens is 2. The van der Waals surface area contributed by atoms with Crippen LogP contribution in [-0.4, -0.2) is 17.0 Å². The highest BCUT2D eigenvalue weighted by Crippen LogP contribution is 2.29. The fourth-order valence-electron chi connectivity index (χ4n) is 2.62. The van der Waals surface area contributed by atoms with Crippen molar-refractivity contribution in [2.75, 3.05) is 0 Å². The second-order valence-electron chi connectivity index (χ2n) is 6.59. The lowest BCUT2D eigenvalue weighted by Crippen LogP contribution is -2.17. The van der Waals surface area contributed by atoms with Crippen molar-refractivity contribution in [1.82, 2.24) is 5.43 Å². The molecule has 0 bridgehead atoms. The minimum absolute atomic E-state index is 0.151. The minimum atomic E-state index is -0.549. The maximum atomic E-state index is 12.2. The van der Waals surface area contributed by atoms with Gasteiger partial charge in [-0.3, -0.25) is 14.9 Å². The highest BCUT2D eigenvalue weighted by atomic mass is 127. The van der Waals surface area contributed by atoms with Gasteiger partial charge in [0.05, 0.1) is 18.3 Å². The smallest absolute Gasteiger partial charge is 0.271 e. The SMILES string of the molecule is Cc1ccc(COc2c(I)cc(/C=N\NC(=O)c3cccc([N+](=O)[O-])c3)cc2I)cc1. The number of aryl methyl sites for hydroxylation is 1. The van der Waals surface area contributed by atoms with Crippen molar-refractivity contribution in [3.8, 4) is 5.75 Å². The summed E-state index contributed by atoms with van der Waals surface area (Å²) in [5.74, 6) is 0.266. The van der Waals surface area contributed by atoms with Gasteiger partial charge in [0.25, 0.3) is 11.6 Å². The normalized spacial score (nSPS) is 10.8. The van der Waals surface area contributed by atoms with Crippen molar-refractivity contribution in [3.63, 3.8) is 0 Å². The number of carbonyl (C=O) groups excluding carboxylic acids is 1. The number of rotatable bonds is 7. The van der Waals surface area contributed by atoms with Crippen molar-refractivity contribution >= 4 is 63.0 Å². The van der Waals surface area contributed by atoms with Crippen LogP contribution in [0.2, 0.25) is 0 Å². The number of hydrogen-bond acceptors (Lipinski definition) is 5. The lowest BCUT2D eigenvalue weighted by Gasteiger charge is -2.11. The highest BCUT2D eigenvalue weighted by molar-refractivity contribution is 14.1. The molecule has 31 heavy (non-hydrogen) atoms. The first-order valence-electron chi connectivity index (χ1n) is 9.09. The van der Waals surface area contributed by atoms with Crippen LogP contribution in [0.4, 0.5) is 5.69 Å². The van der Waals surface area contributed by atoms with Crippen molar-refractivity contribution in [2.24, 2.45) is 5.10 Å². The summed E-state index contributed by atoms with van der Waals surface area (Å²) >= 11 is 4.40. The third-order valence-corrected chi connectivity index (χ3v) is 5.83. The van der Waals surface area contributed by atoms with Crippen molar-refractivity contribution < 1.29 is 14.5 Å². The predicted molar refractivity (Wildman–Crippen MR) is 136 cm³/mol. The summed E-state index contributed by atoms with van der Waals surface area (Å²) in [5, 5.41) is 14.8. The monoisotopic (exact) mass is 641 g/mol. The summed E-state index contributed by atoms with van der Waals surface area (Å²) < 4.78 is 7.83. The van der Waals surface area contributed by atoms with Gasteiger partial charge in [-0.05, 0) is 81.4 Å². The maximum absolute atomic E-state index is 12.2. The van der Waals surface area contributed by atoms with Crippen molar-refractivity contribution in [2.45, 2.75) is 13.5 Å². The molecule has 0 heterocycles. The Labute approximate surface area is 206 Å². The molecule has 9 heteroatoms. The Morgan fingerprint density at radius 1 is 1.13 bits per heavy atom. The Morgan fingerprint density at radius 3 is 2.45 bits per heavy atom. The van der Waals surface area contributed by atoms with Gasteiger partial charge in [0.2, 0.25) is 0 Å². The molecule has 1 N–H and O–H groups in total. The number of carbonyl (C=O) groups is 1. The number of hydrazone groups is 1. The summed E-state index contributed by atoms with van der Waals surface area (Å²) in [6, 6.07) is 17.5. The van der Waals surface area contributed by atoms with Gasteiger partial charge in [0.1, 0.15) is 12.4 Å². The molecule has 7 nitrogen and oxygen atoms in total. The van der Waals surface area contributed by atoms with Crippen molar-refractivity contribution in [3.05, 3.63) is 100 Å². The number of non-ortho nitro benzene ring substituents is 1. The van der Waals surface area contributed by atoms with Gasteiger partial charge >= 0.3 is 0 Å². The topological polar surface area (TPSA) is 93.8 Å². The molecule has 3 rings (SSSR count). The Bertz CT molecular complexity index is 1120. The van der Waals surface area contributed by atoms with Crippen LogP contribution in [0, 0.1) is 24.2 Å². The number of nitro benzene ring substituents is 1. The summed E-state index contributed by atoms with van der Waals surface area (Å²) in [5.41, 5.74) is 5.48. The van der Waals surface area contributed by atoms with E-state index in [-0.39, 0.29) is 11.3 Å². The lowest BCUT2D eigenvalue weighted by molar-refractivity contribution is -0.384. The molecule has 0 aliphatic rings. The van der Waals surface area contributed by atoms with Gasteiger partial charge in [-0.15, -0.1) is 0 Å². The molecule has 0 aromatic heterocycles. The lowest BCUT2D eigenvalue weighted by atomic mass is 10.2. The van der Waals surface area contributed by atoms with Gasteiger partial charge in [-0.1, -0.05) is 35.9 Å². The number of nitrogens with one attached hydrogen (secondary N) is 1. The number of benzene rings is 3. The Balaban J connectivity index is 1.64. The number of ether oxygens (including phenoxy) is 1. The maximum Gasteiger partial charge on any atom is 0.271 e. The van der Waals surface area contributed by atoms with Gasteiger partial charge in [-0.2, -0.15) is 5.10 Å². The zero-order valence-electron chi connectivity index (χ0n) is 16.3. The van der Waals surface area contributed by atoms with Crippen LogP contribution in [0.25, 0.3) is 0 Å². The number of amides is 1. The fourth-order valence-corrected chi connectivity index (χ4v) is 4.75. The number of nitrogens with zero attached hydrogens (tertiary/aromatic N) is 2. The Hall–Kier alpha value is -2.54. The van der Waals surface area contributed by atoms with Gasteiger partial charge in [-0.25, -0.2) is 5.43 Å². The molecule has 0 unspecified atom stereocenters. The van der Waals surface area contributed by atoms with Crippen LogP contribution in [-0.2, 0) is 6.61 Å². The van der Waals surface area contributed by atoms with E-state index in [1.165, 1.54) is 36.0 Å². The second kappa shape index (κ2) is 10.7. The van der Waals surface area contributed by atoms with E-state index in [0.717, 1.165) is 24.0 Å². The van der Waals surface area contributed by atoms with Crippen LogP contribution >= 0.6 is 45.2 Å². The Morgan fingerprint density at radius 2 is 1.81 bits per heavy atom. The molecule has 158 valence electrons. The molecule has 0 aliphatic heterocycles. The van der Waals surface area contributed by atoms with Crippen molar-refractivity contribution in [1.29, 1.82) is 0 Å². The number of nitro groups is 1. The first-order chi connectivity index (χ1) is 14.8. The fraction of sp³-hybridized carbons (Fsp3) is 0.0909. The molecular weight excluding hydrogens is 624 g/mol. The van der Waals surface area contributed by atoms with E-state index in [2.05, 4.69) is 67.8 Å². The third-order valence-electron chi connectivity index (χ3n) is 4.22. The highest BCUT2D eigenvalue weighted by Gasteiger charge is 2.11. The molecule has 3 aromatic rings. The van der Waals surface area contributed by atoms with Crippen LogP contribution in [0.5, 0.6) is 5.75 Å². The molecular formula is C22H17I2N3O4. The van der Waals surface area contributed by atoms with E-state index in [1.54, 1.807) is 0 Å². The van der Waals surface area contributed by atoms with E-state index in [9.17, 15) is 14.9 Å². The zero-order valence-corrected chi connectivity index (χ0v) is 20.7. The molecule has 0 atom stereocenters. The largest absolute Gasteiger partial charge is 0.487 e. The van der Waals surface area contributed by atoms with Gasteiger partial charge in [0.15, 0.2) is 0 Å². The molecule has 0 aliphatic carbocycles. The molecule has 3 aromatic carbocycles.